The molecule has 7 nitrogen and oxygen atoms in total. The number of carbonyl (C=O) groups excluding carboxylic acids is 1. The third kappa shape index (κ3) is 7.34. The fourth-order valence-corrected chi connectivity index (χ4v) is 4.00. The maximum Gasteiger partial charge on any atom is 0.391 e. The zero-order valence-electron chi connectivity index (χ0n) is 20.6. The van der Waals surface area contributed by atoms with Crippen LogP contribution in [-0.2, 0) is 4.79 Å². The molecule has 0 aliphatic carbocycles. The molecule has 3 N–H and O–H groups in total. The van der Waals surface area contributed by atoms with Gasteiger partial charge in [0.1, 0.15) is 11.7 Å². The molecule has 0 bridgehead atoms. The standard InChI is InChI=1S/C26H21ClF6N2O5/c1-13(26(31,32)33)2-8-17(23(36)34-16-6-3-14(4-7-16)24(37)38)19-10-5-15(12-35(19)39)21-20(40-25(29)30)11-9-18(27)22(21)28/h3-7,9-13,17,25H,2,8H2,1H3,(H2-,34,36,37,38,39)/p+1. The number of pyridine rings is 1. The van der Waals surface area contributed by atoms with Crippen LogP contribution in [0, 0.1) is 11.7 Å². The lowest BCUT2D eigenvalue weighted by atomic mass is 9.92. The number of nitrogens with one attached hydrogen (secondary N) is 1. The number of ether oxygens (including phenoxy) is 1. The van der Waals surface area contributed by atoms with Crippen LogP contribution in [0.15, 0.2) is 54.7 Å². The fraction of sp³-hybridized carbons (Fsp3) is 0.269. The second-order valence-electron chi connectivity index (χ2n) is 8.74. The first-order valence-corrected chi connectivity index (χ1v) is 12.0. The molecule has 14 heteroatoms. The number of hydrogen-bond acceptors (Lipinski definition) is 4. The minimum absolute atomic E-state index is 0.0687. The van der Waals surface area contributed by atoms with E-state index in [9.17, 15) is 41.1 Å². The lowest BCUT2D eigenvalue weighted by Crippen LogP contribution is -2.40. The first kappa shape index (κ1) is 30.5. The molecule has 0 spiro atoms. The number of hydrogen-bond donors (Lipinski definition) is 3. The summed E-state index contributed by atoms with van der Waals surface area (Å²) in [5.74, 6) is -6.93. The molecule has 3 rings (SSSR count). The molecular weight excluding hydrogens is 570 g/mol. The average molecular weight is 592 g/mol. The highest BCUT2D eigenvalue weighted by Crippen LogP contribution is 2.37. The van der Waals surface area contributed by atoms with E-state index < -0.39 is 65.1 Å². The molecule has 0 saturated carbocycles. The number of amides is 1. The van der Waals surface area contributed by atoms with Crippen LogP contribution in [0.3, 0.4) is 0 Å². The summed E-state index contributed by atoms with van der Waals surface area (Å²) >= 11 is 5.78. The third-order valence-corrected chi connectivity index (χ3v) is 6.33. The zero-order valence-corrected chi connectivity index (χ0v) is 21.3. The summed E-state index contributed by atoms with van der Waals surface area (Å²) in [5, 5.41) is 21.8. The van der Waals surface area contributed by atoms with Crippen LogP contribution in [0.1, 0.15) is 41.7 Å². The summed E-state index contributed by atoms with van der Waals surface area (Å²) < 4.78 is 84.7. The summed E-state index contributed by atoms with van der Waals surface area (Å²) in [6.45, 7) is -2.38. The summed E-state index contributed by atoms with van der Waals surface area (Å²) in [4.78, 5) is 24.2. The number of halogens is 7. The van der Waals surface area contributed by atoms with Crippen molar-refractivity contribution >= 4 is 29.2 Å². The Morgan fingerprint density at radius 1 is 1.05 bits per heavy atom. The van der Waals surface area contributed by atoms with Gasteiger partial charge in [0.2, 0.25) is 17.8 Å². The van der Waals surface area contributed by atoms with Crippen molar-refractivity contribution < 1.29 is 55.7 Å². The number of rotatable bonds is 10. The Morgan fingerprint density at radius 2 is 1.70 bits per heavy atom. The van der Waals surface area contributed by atoms with Gasteiger partial charge in [0.05, 0.1) is 27.6 Å². The SMILES string of the molecule is CC(CCC(C(=O)Nc1ccc(C(=O)O)cc1)c1ccc(-c2c(OC(F)F)ccc(Cl)c2F)c[n+]1O)C(F)(F)F. The summed E-state index contributed by atoms with van der Waals surface area (Å²) in [6.07, 6.45) is -4.56. The Labute approximate surface area is 228 Å². The van der Waals surface area contributed by atoms with Crippen LogP contribution in [-0.4, -0.2) is 35.0 Å². The van der Waals surface area contributed by atoms with Gasteiger partial charge in [-0.1, -0.05) is 18.5 Å². The minimum atomic E-state index is -4.54. The van der Waals surface area contributed by atoms with Crippen LogP contribution in [0.5, 0.6) is 5.75 Å². The molecule has 0 saturated heterocycles. The molecule has 1 amide bonds. The van der Waals surface area contributed by atoms with Gasteiger partial charge in [-0.25, -0.2) is 9.18 Å². The highest BCUT2D eigenvalue weighted by Gasteiger charge is 2.38. The molecule has 214 valence electrons. The van der Waals surface area contributed by atoms with Crippen LogP contribution < -0.4 is 14.8 Å². The predicted octanol–water partition coefficient (Wildman–Crippen LogP) is 6.67. The van der Waals surface area contributed by atoms with Crippen molar-refractivity contribution in [2.45, 2.75) is 38.5 Å². The van der Waals surface area contributed by atoms with Gasteiger partial charge in [-0.05, 0) is 55.3 Å². The van der Waals surface area contributed by atoms with Crippen molar-refractivity contribution in [2.24, 2.45) is 5.92 Å². The van der Waals surface area contributed by atoms with Crippen LogP contribution in [0.4, 0.5) is 32.0 Å². The number of anilines is 1. The van der Waals surface area contributed by atoms with E-state index in [1.54, 1.807) is 0 Å². The van der Waals surface area contributed by atoms with Crippen molar-refractivity contribution in [3.8, 4) is 16.9 Å². The number of carbonyl (C=O) groups is 2. The molecule has 1 aromatic heterocycles. The molecular formula is C26H22ClF6N2O5+. The van der Waals surface area contributed by atoms with E-state index in [2.05, 4.69) is 10.1 Å². The minimum Gasteiger partial charge on any atom is -0.478 e. The summed E-state index contributed by atoms with van der Waals surface area (Å²) in [5.41, 5.74) is -0.835. The summed E-state index contributed by atoms with van der Waals surface area (Å²) in [6, 6.07) is 9.23. The van der Waals surface area contributed by atoms with Crippen molar-refractivity contribution in [1.82, 2.24) is 0 Å². The number of aromatic nitrogens is 1. The average Bonchev–Trinajstić information content (AvgIpc) is 2.86. The zero-order chi connectivity index (χ0) is 29.8. The molecule has 3 aromatic rings. The Morgan fingerprint density at radius 3 is 2.25 bits per heavy atom. The Balaban J connectivity index is 1.99. The van der Waals surface area contributed by atoms with Crippen LogP contribution in [0.2, 0.25) is 5.02 Å². The largest absolute Gasteiger partial charge is 0.478 e. The highest BCUT2D eigenvalue weighted by atomic mass is 35.5. The van der Waals surface area contributed by atoms with Gasteiger partial charge in [0.25, 0.3) is 0 Å². The normalized spacial score (nSPS) is 13.1. The molecule has 2 atom stereocenters. The molecule has 0 fully saturated rings. The van der Waals surface area contributed by atoms with Gasteiger partial charge in [-0.2, -0.15) is 22.0 Å². The number of alkyl halides is 5. The van der Waals surface area contributed by atoms with Gasteiger partial charge < -0.3 is 15.2 Å². The van der Waals surface area contributed by atoms with Gasteiger partial charge in [-0.3, -0.25) is 10.0 Å². The van der Waals surface area contributed by atoms with Gasteiger partial charge in [-0.15, -0.1) is 0 Å². The second-order valence-corrected chi connectivity index (χ2v) is 9.15. The van der Waals surface area contributed by atoms with Crippen LogP contribution in [0.25, 0.3) is 11.1 Å². The number of carboxylic acids is 1. The van der Waals surface area contributed by atoms with E-state index in [1.165, 1.54) is 24.3 Å². The van der Waals surface area contributed by atoms with E-state index in [4.69, 9.17) is 16.7 Å². The molecule has 2 unspecified atom stereocenters. The van der Waals surface area contributed by atoms with E-state index >= 15 is 0 Å². The quantitative estimate of drug-likeness (QED) is 0.139. The van der Waals surface area contributed by atoms with E-state index in [0.29, 0.717) is 4.73 Å². The first-order valence-electron chi connectivity index (χ1n) is 11.6. The smallest absolute Gasteiger partial charge is 0.391 e. The van der Waals surface area contributed by atoms with Crippen molar-refractivity contribution in [3.05, 3.63) is 76.8 Å². The molecule has 1 heterocycles. The lowest BCUT2D eigenvalue weighted by molar-refractivity contribution is -0.909. The van der Waals surface area contributed by atoms with E-state index in [1.807, 2.05) is 0 Å². The Hall–Kier alpha value is -4.00. The summed E-state index contributed by atoms with van der Waals surface area (Å²) in [7, 11) is 0. The van der Waals surface area contributed by atoms with Gasteiger partial charge in [0.15, 0.2) is 5.82 Å². The van der Waals surface area contributed by atoms with E-state index in [-0.39, 0.29) is 28.9 Å². The Kier molecular flexibility index (Phi) is 9.51. The van der Waals surface area contributed by atoms with Gasteiger partial charge in [0, 0.05) is 16.5 Å². The molecule has 2 aromatic carbocycles. The molecule has 0 aliphatic rings. The van der Waals surface area contributed by atoms with E-state index in [0.717, 1.165) is 37.4 Å². The molecule has 40 heavy (non-hydrogen) atoms. The monoisotopic (exact) mass is 591 g/mol. The maximum absolute atomic E-state index is 14.8. The number of carboxylic acid groups (broad SMARTS) is 1. The number of benzene rings is 2. The number of nitrogens with zero attached hydrogens (tertiary/aromatic N) is 1. The first-order chi connectivity index (χ1) is 18.7. The van der Waals surface area contributed by atoms with Crippen molar-refractivity contribution in [1.29, 1.82) is 0 Å². The van der Waals surface area contributed by atoms with Crippen molar-refractivity contribution in [2.75, 3.05) is 5.32 Å². The van der Waals surface area contributed by atoms with Crippen LogP contribution >= 0.6 is 11.6 Å². The third-order valence-electron chi connectivity index (χ3n) is 6.04. The maximum atomic E-state index is 14.8. The Bertz CT molecular complexity index is 1390. The van der Waals surface area contributed by atoms with Crippen molar-refractivity contribution in [3.63, 3.8) is 0 Å². The molecule has 0 aliphatic heterocycles. The van der Waals surface area contributed by atoms with Gasteiger partial charge >= 0.3 is 18.8 Å². The highest BCUT2D eigenvalue weighted by molar-refractivity contribution is 6.31. The second kappa shape index (κ2) is 12.5. The number of aromatic carboxylic acids is 1. The predicted molar refractivity (Wildman–Crippen MR) is 130 cm³/mol. The topological polar surface area (TPSA) is 99.7 Å². The lowest BCUT2D eigenvalue weighted by Gasteiger charge is -2.19. The fourth-order valence-electron chi connectivity index (χ4n) is 3.84. The molecule has 0 radical (unpaired) electrons.